The highest BCUT2D eigenvalue weighted by molar-refractivity contribution is 7.85. The molecule has 0 amide bonds. The van der Waals surface area contributed by atoms with Crippen LogP contribution in [0.25, 0.3) is 10.8 Å². The van der Waals surface area contributed by atoms with Gasteiger partial charge in [-0.15, -0.1) is 5.11 Å². The maximum absolute atomic E-state index is 10.9. The van der Waals surface area contributed by atoms with Gasteiger partial charge in [-0.2, -0.15) is 18.6 Å². The second kappa shape index (κ2) is 4.58. The van der Waals surface area contributed by atoms with Gasteiger partial charge in [0.25, 0.3) is 0 Å². The van der Waals surface area contributed by atoms with Crippen molar-refractivity contribution < 1.29 is 12.7 Å². The average molecular weight is 251 g/mol. The molecule has 0 saturated heterocycles. The number of hydrogen-bond acceptors (Lipinski definition) is 5. The summed E-state index contributed by atoms with van der Waals surface area (Å²) in [5, 5.41) is 5.35. The normalized spacial score (nSPS) is 12.3. The molecule has 0 aliphatic rings. The van der Waals surface area contributed by atoms with Gasteiger partial charge < -0.3 is 0 Å². The zero-order valence-electron chi connectivity index (χ0n) is 8.65. The van der Waals surface area contributed by atoms with Crippen LogP contribution in [0.2, 0.25) is 0 Å². The van der Waals surface area contributed by atoms with Gasteiger partial charge in [0.15, 0.2) is 0 Å². The molecule has 0 spiro atoms. The monoisotopic (exact) mass is 251 g/mol. The standard InChI is InChI=1S/C10H9N3O3S/c11-16-17(14,15)13-12-10-7-3-5-8-4-1-2-6-9(8)10/h1-7H,11H2. The van der Waals surface area contributed by atoms with Crippen LogP contribution in [0.4, 0.5) is 5.69 Å². The van der Waals surface area contributed by atoms with E-state index in [2.05, 4.69) is 19.8 Å². The second-order valence-electron chi connectivity index (χ2n) is 3.20. The quantitative estimate of drug-likeness (QED) is 0.667. The molecule has 2 N–H and O–H groups in total. The molecule has 0 aliphatic carbocycles. The Kier molecular flexibility index (Phi) is 3.14. The van der Waals surface area contributed by atoms with E-state index in [1.54, 1.807) is 12.1 Å². The first-order chi connectivity index (χ1) is 8.12. The fraction of sp³-hybridized carbons (Fsp3) is 0. The lowest BCUT2D eigenvalue weighted by molar-refractivity contribution is 0.332. The third-order valence-electron chi connectivity index (χ3n) is 2.14. The van der Waals surface area contributed by atoms with Gasteiger partial charge >= 0.3 is 10.3 Å². The summed E-state index contributed by atoms with van der Waals surface area (Å²) in [7, 11) is -4.15. The summed E-state index contributed by atoms with van der Waals surface area (Å²) in [4.78, 5) is 0. The van der Waals surface area contributed by atoms with E-state index in [0.717, 1.165) is 10.8 Å². The minimum atomic E-state index is -4.15. The van der Waals surface area contributed by atoms with Crippen LogP contribution < -0.4 is 5.90 Å². The SMILES string of the molecule is NOS(=O)(=O)N=Nc1cccc2ccccc12. The summed E-state index contributed by atoms with van der Waals surface area (Å²) < 4.78 is 28.5. The zero-order valence-corrected chi connectivity index (χ0v) is 9.46. The molecule has 0 heterocycles. The van der Waals surface area contributed by atoms with Crippen molar-refractivity contribution in [3.8, 4) is 0 Å². The molecule has 0 fully saturated rings. The predicted octanol–water partition coefficient (Wildman–Crippen LogP) is 2.06. The number of nitrogens with zero attached hydrogens (tertiary/aromatic N) is 2. The second-order valence-corrected chi connectivity index (χ2v) is 4.42. The van der Waals surface area contributed by atoms with E-state index < -0.39 is 10.3 Å². The van der Waals surface area contributed by atoms with Crippen molar-refractivity contribution in [2.75, 3.05) is 0 Å². The first-order valence-corrected chi connectivity index (χ1v) is 6.03. The maximum atomic E-state index is 10.9. The van der Waals surface area contributed by atoms with E-state index in [1.807, 2.05) is 30.3 Å². The lowest BCUT2D eigenvalue weighted by atomic mass is 10.1. The molecule has 2 aromatic rings. The topological polar surface area (TPSA) is 94.1 Å². The fourth-order valence-electron chi connectivity index (χ4n) is 1.41. The van der Waals surface area contributed by atoms with Gasteiger partial charge in [0.05, 0.1) is 5.69 Å². The van der Waals surface area contributed by atoms with Crippen LogP contribution >= 0.6 is 0 Å². The third-order valence-corrected chi connectivity index (χ3v) is 2.66. The fourth-order valence-corrected chi connectivity index (χ4v) is 1.64. The molecule has 17 heavy (non-hydrogen) atoms. The van der Waals surface area contributed by atoms with Crippen LogP contribution in [-0.4, -0.2) is 8.42 Å². The van der Waals surface area contributed by atoms with Gasteiger partial charge in [-0.3, -0.25) is 0 Å². The largest absolute Gasteiger partial charge is 0.414 e. The summed E-state index contributed by atoms with van der Waals surface area (Å²) in [5.41, 5.74) is 0.434. The summed E-state index contributed by atoms with van der Waals surface area (Å²) in [5.74, 6) is 4.54. The maximum Gasteiger partial charge on any atom is 0.414 e. The predicted molar refractivity (Wildman–Crippen MR) is 62.7 cm³/mol. The first-order valence-electron chi connectivity index (χ1n) is 4.66. The lowest BCUT2D eigenvalue weighted by Crippen LogP contribution is -2.06. The van der Waals surface area contributed by atoms with Crippen molar-refractivity contribution in [2.45, 2.75) is 0 Å². The Morgan fingerprint density at radius 3 is 2.53 bits per heavy atom. The van der Waals surface area contributed by atoms with Gasteiger partial charge in [-0.1, -0.05) is 36.4 Å². The molecule has 0 saturated carbocycles. The Balaban J connectivity index is 2.50. The highest BCUT2D eigenvalue weighted by Gasteiger charge is 2.06. The van der Waals surface area contributed by atoms with Gasteiger partial charge in [0.2, 0.25) is 0 Å². The number of hydrogen-bond donors (Lipinski definition) is 1. The molecule has 88 valence electrons. The highest BCUT2D eigenvalue weighted by Crippen LogP contribution is 2.26. The number of benzene rings is 2. The van der Waals surface area contributed by atoms with Crippen LogP contribution in [-0.2, 0) is 14.6 Å². The molecular formula is C10H9N3O3S. The minimum absolute atomic E-state index is 0.434. The van der Waals surface area contributed by atoms with Crippen molar-refractivity contribution in [2.24, 2.45) is 15.5 Å². The Morgan fingerprint density at radius 1 is 1.06 bits per heavy atom. The van der Waals surface area contributed by atoms with Crippen molar-refractivity contribution in [1.29, 1.82) is 0 Å². The Bertz CT molecular complexity index is 662. The van der Waals surface area contributed by atoms with Crippen molar-refractivity contribution in [3.05, 3.63) is 42.5 Å². The third kappa shape index (κ3) is 2.64. The van der Waals surface area contributed by atoms with Crippen molar-refractivity contribution in [1.82, 2.24) is 0 Å². The number of nitrogens with two attached hydrogens (primary N) is 1. The van der Waals surface area contributed by atoms with Gasteiger partial charge in [0.1, 0.15) is 0 Å². The molecule has 0 aromatic heterocycles. The van der Waals surface area contributed by atoms with Gasteiger partial charge in [-0.25, -0.2) is 0 Å². The van der Waals surface area contributed by atoms with E-state index in [1.165, 1.54) is 0 Å². The molecule has 0 unspecified atom stereocenters. The van der Waals surface area contributed by atoms with E-state index in [4.69, 9.17) is 0 Å². The molecule has 2 aromatic carbocycles. The molecule has 2 rings (SSSR count). The summed E-state index contributed by atoms with van der Waals surface area (Å²) in [6.07, 6.45) is 0. The molecular weight excluding hydrogens is 242 g/mol. The van der Waals surface area contributed by atoms with Crippen LogP contribution in [0.3, 0.4) is 0 Å². The van der Waals surface area contributed by atoms with E-state index in [-0.39, 0.29) is 0 Å². The van der Waals surface area contributed by atoms with E-state index in [9.17, 15) is 8.42 Å². The lowest BCUT2D eigenvalue weighted by Gasteiger charge is -1.99. The highest BCUT2D eigenvalue weighted by atomic mass is 32.2. The van der Waals surface area contributed by atoms with Gasteiger partial charge in [0, 0.05) is 5.39 Å². The molecule has 0 atom stereocenters. The number of rotatable bonds is 3. The van der Waals surface area contributed by atoms with Crippen LogP contribution in [0.5, 0.6) is 0 Å². The first kappa shape index (κ1) is 11.6. The molecule has 0 bridgehead atoms. The Morgan fingerprint density at radius 2 is 1.76 bits per heavy atom. The van der Waals surface area contributed by atoms with Crippen LogP contribution in [0.1, 0.15) is 0 Å². The Labute approximate surface area is 97.9 Å². The molecule has 6 nitrogen and oxygen atoms in total. The van der Waals surface area contributed by atoms with E-state index >= 15 is 0 Å². The molecule has 0 aliphatic heterocycles. The van der Waals surface area contributed by atoms with E-state index in [0.29, 0.717) is 5.69 Å². The van der Waals surface area contributed by atoms with Crippen LogP contribution in [0, 0.1) is 0 Å². The summed E-state index contributed by atoms with van der Waals surface area (Å²) in [6, 6.07) is 12.7. The minimum Gasteiger partial charge on any atom is -0.196 e. The molecule has 7 heteroatoms. The summed E-state index contributed by atoms with van der Waals surface area (Å²) in [6.45, 7) is 0. The Hall–Kier alpha value is -1.83. The van der Waals surface area contributed by atoms with Crippen LogP contribution in [0.15, 0.2) is 52.1 Å². The van der Waals surface area contributed by atoms with Crippen molar-refractivity contribution in [3.63, 3.8) is 0 Å². The smallest absolute Gasteiger partial charge is 0.196 e. The van der Waals surface area contributed by atoms with Crippen molar-refractivity contribution >= 4 is 26.8 Å². The summed E-state index contributed by atoms with van der Waals surface area (Å²) >= 11 is 0. The van der Waals surface area contributed by atoms with Gasteiger partial charge in [-0.05, 0) is 16.0 Å². The number of fused-ring (bicyclic) bond motifs is 1. The zero-order chi connectivity index (χ0) is 12.3. The molecule has 0 radical (unpaired) electrons. The average Bonchev–Trinajstić information content (AvgIpc) is 2.36.